The van der Waals surface area contributed by atoms with E-state index in [1.165, 1.54) is 0 Å². The number of aliphatic carboxylic acids is 1. The van der Waals surface area contributed by atoms with E-state index in [0.29, 0.717) is 25.7 Å². The maximum Gasteiger partial charge on any atom is 0.327 e. The van der Waals surface area contributed by atoms with E-state index in [0.717, 1.165) is 44.6 Å². The smallest absolute Gasteiger partial charge is 0.327 e. The van der Waals surface area contributed by atoms with Gasteiger partial charge in [-0.2, -0.15) is 0 Å². The molecule has 0 spiro atoms. The highest BCUT2D eigenvalue weighted by Crippen LogP contribution is 2.08. The lowest BCUT2D eigenvalue weighted by Gasteiger charge is -2.01. The van der Waals surface area contributed by atoms with Crippen molar-refractivity contribution in [1.82, 2.24) is 0 Å². The number of carbonyl (C=O) groups excluding carboxylic acids is 2. The minimum Gasteiger partial charge on any atom is -0.478 e. The van der Waals surface area contributed by atoms with E-state index in [1.807, 2.05) is 19.1 Å². The highest BCUT2D eigenvalue weighted by atomic mass is 16.4. The summed E-state index contributed by atoms with van der Waals surface area (Å²) < 4.78 is 0. The SMILES string of the molecule is CCC=CCC(=O)CCC(=O)CCCCCC/C=C\C(=O)O. The number of unbranched alkanes of at least 4 members (excludes halogenated alkanes) is 4. The van der Waals surface area contributed by atoms with Crippen LogP contribution in [-0.2, 0) is 14.4 Å². The van der Waals surface area contributed by atoms with Crippen molar-refractivity contribution in [2.24, 2.45) is 0 Å². The van der Waals surface area contributed by atoms with Gasteiger partial charge in [0.15, 0.2) is 0 Å². The molecule has 0 rings (SSSR count). The molecule has 124 valence electrons. The minimum atomic E-state index is -0.912. The number of allylic oxidation sites excluding steroid dienone is 3. The van der Waals surface area contributed by atoms with Gasteiger partial charge >= 0.3 is 5.97 Å². The van der Waals surface area contributed by atoms with Crippen molar-refractivity contribution < 1.29 is 19.5 Å². The van der Waals surface area contributed by atoms with Crippen molar-refractivity contribution in [3.05, 3.63) is 24.3 Å². The van der Waals surface area contributed by atoms with Gasteiger partial charge in [0.1, 0.15) is 11.6 Å². The molecule has 0 aromatic carbocycles. The van der Waals surface area contributed by atoms with Gasteiger partial charge in [-0.05, 0) is 25.7 Å². The van der Waals surface area contributed by atoms with Crippen LogP contribution in [0.1, 0.15) is 71.1 Å². The summed E-state index contributed by atoms with van der Waals surface area (Å²) in [6.45, 7) is 2.02. The van der Waals surface area contributed by atoms with Gasteiger partial charge in [0.2, 0.25) is 0 Å². The van der Waals surface area contributed by atoms with Crippen LogP contribution >= 0.6 is 0 Å². The van der Waals surface area contributed by atoms with Crippen LogP contribution in [-0.4, -0.2) is 22.6 Å². The summed E-state index contributed by atoms with van der Waals surface area (Å²) in [5.41, 5.74) is 0. The molecule has 0 aromatic heterocycles. The maximum atomic E-state index is 11.6. The lowest BCUT2D eigenvalue weighted by Crippen LogP contribution is -2.03. The third-order valence-corrected chi connectivity index (χ3v) is 3.27. The quantitative estimate of drug-likeness (QED) is 0.296. The van der Waals surface area contributed by atoms with E-state index in [2.05, 4.69) is 0 Å². The fourth-order valence-corrected chi connectivity index (χ4v) is 2.01. The Kier molecular flexibility index (Phi) is 13.1. The molecule has 0 heterocycles. The summed E-state index contributed by atoms with van der Waals surface area (Å²) in [4.78, 5) is 33.4. The second kappa shape index (κ2) is 14.2. The predicted molar refractivity (Wildman–Crippen MR) is 87.8 cm³/mol. The van der Waals surface area contributed by atoms with Gasteiger partial charge in [-0.15, -0.1) is 0 Å². The fraction of sp³-hybridized carbons (Fsp3) is 0.611. The van der Waals surface area contributed by atoms with Crippen LogP contribution in [0.2, 0.25) is 0 Å². The molecule has 22 heavy (non-hydrogen) atoms. The van der Waals surface area contributed by atoms with Crippen LogP contribution in [0.5, 0.6) is 0 Å². The Labute approximate surface area is 133 Å². The average molecular weight is 308 g/mol. The Morgan fingerprint density at radius 3 is 2.18 bits per heavy atom. The van der Waals surface area contributed by atoms with Gasteiger partial charge in [-0.1, -0.05) is 38.0 Å². The molecule has 0 amide bonds. The lowest BCUT2D eigenvalue weighted by atomic mass is 10.0. The first-order valence-corrected chi connectivity index (χ1v) is 8.14. The molecule has 0 atom stereocenters. The van der Waals surface area contributed by atoms with Gasteiger partial charge in [0, 0.05) is 31.8 Å². The van der Waals surface area contributed by atoms with Crippen molar-refractivity contribution >= 4 is 17.5 Å². The van der Waals surface area contributed by atoms with E-state index < -0.39 is 5.97 Å². The average Bonchev–Trinajstić information content (AvgIpc) is 2.47. The first-order valence-electron chi connectivity index (χ1n) is 8.14. The molecule has 0 bridgehead atoms. The molecule has 1 N–H and O–H groups in total. The van der Waals surface area contributed by atoms with E-state index in [-0.39, 0.29) is 11.6 Å². The molecule has 0 aliphatic carbocycles. The predicted octanol–water partition coefficient (Wildman–Crippen LogP) is 4.24. The summed E-state index contributed by atoms with van der Waals surface area (Å²) in [7, 11) is 0. The Morgan fingerprint density at radius 1 is 0.818 bits per heavy atom. The van der Waals surface area contributed by atoms with Gasteiger partial charge in [0.25, 0.3) is 0 Å². The number of hydrogen-bond donors (Lipinski definition) is 1. The molecule has 0 saturated heterocycles. The van der Waals surface area contributed by atoms with Crippen LogP contribution < -0.4 is 0 Å². The number of carboxylic acids is 1. The number of carboxylic acid groups (broad SMARTS) is 1. The van der Waals surface area contributed by atoms with Crippen LogP contribution in [0.25, 0.3) is 0 Å². The Balaban J connectivity index is 3.48. The van der Waals surface area contributed by atoms with E-state index in [1.54, 1.807) is 6.08 Å². The van der Waals surface area contributed by atoms with Gasteiger partial charge in [-0.3, -0.25) is 9.59 Å². The summed E-state index contributed by atoms with van der Waals surface area (Å²) in [5, 5.41) is 8.41. The zero-order valence-corrected chi connectivity index (χ0v) is 13.6. The number of carbonyl (C=O) groups is 3. The monoisotopic (exact) mass is 308 g/mol. The van der Waals surface area contributed by atoms with Crippen molar-refractivity contribution in [1.29, 1.82) is 0 Å². The second-order valence-electron chi connectivity index (χ2n) is 5.35. The topological polar surface area (TPSA) is 71.4 Å². The highest BCUT2D eigenvalue weighted by Gasteiger charge is 2.05. The number of Topliss-reactive ketones (excluding diaryl/α,β-unsaturated/α-hetero) is 2. The molecule has 4 heteroatoms. The normalized spacial score (nSPS) is 11.3. The lowest BCUT2D eigenvalue weighted by molar-refractivity contribution is -0.131. The van der Waals surface area contributed by atoms with Gasteiger partial charge in [0.05, 0.1) is 0 Å². The molecule has 0 unspecified atom stereocenters. The molecule has 4 nitrogen and oxygen atoms in total. The van der Waals surface area contributed by atoms with Crippen molar-refractivity contribution in [3.63, 3.8) is 0 Å². The number of hydrogen-bond acceptors (Lipinski definition) is 3. The molecule has 0 saturated carbocycles. The van der Waals surface area contributed by atoms with Crippen LogP contribution in [0, 0.1) is 0 Å². The molecule has 0 radical (unpaired) electrons. The minimum absolute atomic E-state index is 0.128. The summed E-state index contributed by atoms with van der Waals surface area (Å²) in [6.07, 6.45) is 13.8. The summed E-state index contributed by atoms with van der Waals surface area (Å²) >= 11 is 0. The Bertz CT molecular complexity index is 394. The summed E-state index contributed by atoms with van der Waals surface area (Å²) in [6, 6.07) is 0. The van der Waals surface area contributed by atoms with E-state index in [4.69, 9.17) is 5.11 Å². The fourth-order valence-electron chi connectivity index (χ4n) is 2.01. The third-order valence-electron chi connectivity index (χ3n) is 3.27. The first kappa shape index (κ1) is 20.3. The van der Waals surface area contributed by atoms with E-state index in [9.17, 15) is 14.4 Å². The first-order chi connectivity index (χ1) is 10.6. The highest BCUT2D eigenvalue weighted by molar-refractivity contribution is 5.86. The van der Waals surface area contributed by atoms with Crippen molar-refractivity contribution in [3.8, 4) is 0 Å². The third kappa shape index (κ3) is 14.7. The molecular formula is C18H28O4. The molecule has 0 aromatic rings. The Hall–Kier alpha value is -1.71. The van der Waals surface area contributed by atoms with Gasteiger partial charge in [-0.25, -0.2) is 4.79 Å². The van der Waals surface area contributed by atoms with Crippen LogP contribution in [0.3, 0.4) is 0 Å². The van der Waals surface area contributed by atoms with Gasteiger partial charge < -0.3 is 5.11 Å². The molecule has 0 fully saturated rings. The zero-order chi connectivity index (χ0) is 16.6. The molecular weight excluding hydrogens is 280 g/mol. The number of ketones is 2. The summed E-state index contributed by atoms with van der Waals surface area (Å²) in [5.74, 6) is -0.618. The second-order valence-corrected chi connectivity index (χ2v) is 5.35. The largest absolute Gasteiger partial charge is 0.478 e. The Morgan fingerprint density at radius 2 is 1.50 bits per heavy atom. The standard InChI is InChI=1S/C18H28O4/c1-2-3-8-11-16(19)14-15-17(20)12-9-6-4-5-7-10-13-18(21)22/h3,8,10,13H,2,4-7,9,11-12,14-15H2,1H3,(H,21,22)/b8-3?,13-10-. The number of rotatable bonds is 14. The maximum absolute atomic E-state index is 11.6. The van der Waals surface area contributed by atoms with E-state index >= 15 is 0 Å². The van der Waals surface area contributed by atoms with Crippen molar-refractivity contribution in [2.45, 2.75) is 71.1 Å². The molecule has 0 aliphatic rings. The van der Waals surface area contributed by atoms with Crippen LogP contribution in [0.15, 0.2) is 24.3 Å². The molecule has 0 aliphatic heterocycles. The zero-order valence-electron chi connectivity index (χ0n) is 13.6. The van der Waals surface area contributed by atoms with Crippen LogP contribution in [0.4, 0.5) is 0 Å². The van der Waals surface area contributed by atoms with Crippen molar-refractivity contribution in [2.75, 3.05) is 0 Å².